The number of carbonyl (C=O) groups is 1. The molecule has 2 heterocycles. The van der Waals surface area contributed by atoms with E-state index in [1.807, 2.05) is 37.3 Å². The second-order valence-electron chi connectivity index (χ2n) is 8.06. The van der Waals surface area contributed by atoms with E-state index >= 15 is 0 Å². The molecule has 1 saturated heterocycles. The van der Waals surface area contributed by atoms with E-state index in [9.17, 15) is 4.79 Å². The number of aromatic nitrogens is 3. The topological polar surface area (TPSA) is 72.3 Å². The summed E-state index contributed by atoms with van der Waals surface area (Å²) in [6, 6.07) is 10.1. The fourth-order valence-electron chi connectivity index (χ4n) is 4.10. The Morgan fingerprint density at radius 3 is 2.63 bits per heavy atom. The summed E-state index contributed by atoms with van der Waals surface area (Å²) in [5, 5.41) is 12.6. The Bertz CT molecular complexity index is 816. The number of ether oxygens (including phenoxy) is 1. The Hall–Kier alpha value is -2.06. The van der Waals surface area contributed by atoms with Crippen LogP contribution in [0, 0.1) is 5.92 Å². The number of hydrogen-bond donors (Lipinski definition) is 1. The first-order valence-corrected chi connectivity index (χ1v) is 11.9. The summed E-state index contributed by atoms with van der Waals surface area (Å²) in [7, 11) is 0. The summed E-state index contributed by atoms with van der Waals surface area (Å²) in [5.41, 5.74) is 1.00. The summed E-state index contributed by atoms with van der Waals surface area (Å²) in [5.74, 6) is 1.50. The third-order valence-corrected chi connectivity index (χ3v) is 6.91. The Morgan fingerprint density at radius 2 is 1.90 bits per heavy atom. The number of carbonyl (C=O) groups excluding carboxylic acids is 1. The maximum atomic E-state index is 12.7. The second-order valence-corrected chi connectivity index (χ2v) is 9.37. The fraction of sp³-hybridized carbons (Fsp3) is 0.591. The molecule has 30 heavy (non-hydrogen) atoms. The lowest BCUT2D eigenvalue weighted by Crippen LogP contribution is -2.38. The van der Waals surface area contributed by atoms with Crippen LogP contribution in [0.15, 0.2) is 35.5 Å². The number of rotatable bonds is 7. The predicted octanol–water partition coefficient (Wildman–Crippen LogP) is 3.28. The first-order valence-electron chi connectivity index (χ1n) is 11.0. The molecule has 0 bridgehead atoms. The van der Waals surface area contributed by atoms with Crippen LogP contribution in [0.4, 0.5) is 5.95 Å². The highest BCUT2D eigenvalue weighted by Crippen LogP contribution is 2.30. The molecule has 0 radical (unpaired) electrons. The van der Waals surface area contributed by atoms with E-state index in [4.69, 9.17) is 4.74 Å². The number of para-hydroxylation sites is 1. The van der Waals surface area contributed by atoms with Crippen LogP contribution in [0.5, 0.6) is 0 Å². The van der Waals surface area contributed by atoms with Crippen molar-refractivity contribution >= 4 is 23.6 Å². The van der Waals surface area contributed by atoms with Gasteiger partial charge in [-0.05, 0) is 37.8 Å². The first-order chi connectivity index (χ1) is 14.7. The predicted molar refractivity (Wildman–Crippen MR) is 119 cm³/mol. The largest absolute Gasteiger partial charge is 0.378 e. The average molecular weight is 430 g/mol. The van der Waals surface area contributed by atoms with Gasteiger partial charge in [-0.1, -0.05) is 49.2 Å². The molecule has 1 atom stereocenters. The number of hydrogen-bond acceptors (Lipinski definition) is 6. The molecular weight excluding hydrogens is 398 g/mol. The van der Waals surface area contributed by atoms with Crippen molar-refractivity contribution in [1.82, 2.24) is 20.1 Å². The number of nitrogens with one attached hydrogen (secondary N) is 1. The molecule has 1 N–H and O–H groups in total. The minimum absolute atomic E-state index is 0.0705. The molecule has 162 valence electrons. The van der Waals surface area contributed by atoms with E-state index in [1.54, 1.807) is 0 Å². The molecule has 1 saturated carbocycles. The molecule has 4 rings (SSSR count). The van der Waals surface area contributed by atoms with Gasteiger partial charge in [-0.15, -0.1) is 10.2 Å². The first kappa shape index (κ1) is 21.2. The highest BCUT2D eigenvalue weighted by Gasteiger charge is 2.25. The molecule has 1 aliphatic heterocycles. The van der Waals surface area contributed by atoms with Gasteiger partial charge in [0.25, 0.3) is 0 Å². The Morgan fingerprint density at radius 1 is 1.17 bits per heavy atom. The molecule has 2 aromatic rings. The van der Waals surface area contributed by atoms with Crippen molar-refractivity contribution < 1.29 is 9.53 Å². The van der Waals surface area contributed by atoms with Crippen LogP contribution in [-0.2, 0) is 9.53 Å². The van der Waals surface area contributed by atoms with Crippen molar-refractivity contribution in [2.24, 2.45) is 5.92 Å². The van der Waals surface area contributed by atoms with E-state index in [0.29, 0.717) is 19.1 Å². The summed E-state index contributed by atoms with van der Waals surface area (Å²) in [4.78, 5) is 14.9. The summed E-state index contributed by atoms with van der Waals surface area (Å²) in [6.45, 7) is 5.67. The quantitative estimate of drug-likeness (QED) is 0.681. The summed E-state index contributed by atoms with van der Waals surface area (Å²) in [6.07, 6.45) is 6.36. The standard InChI is InChI=1S/C22H31N5O2S/c1-17(20(28)23-16-18-8-4-2-5-9-18)30-22-25-24-21(26-12-14-29-15-13-26)27(22)19-10-6-3-7-11-19/h3,6-7,10-11,17-18H,2,4-5,8-9,12-16H2,1H3,(H,23,28). The second kappa shape index (κ2) is 10.3. The maximum Gasteiger partial charge on any atom is 0.233 e. The van der Waals surface area contributed by atoms with Gasteiger partial charge in [0, 0.05) is 19.6 Å². The monoisotopic (exact) mass is 429 g/mol. The van der Waals surface area contributed by atoms with Gasteiger partial charge < -0.3 is 15.0 Å². The van der Waals surface area contributed by atoms with Crippen LogP contribution in [0.2, 0.25) is 0 Å². The van der Waals surface area contributed by atoms with Gasteiger partial charge >= 0.3 is 0 Å². The van der Waals surface area contributed by atoms with E-state index < -0.39 is 0 Å². The van der Waals surface area contributed by atoms with Gasteiger partial charge in [0.05, 0.1) is 24.2 Å². The minimum Gasteiger partial charge on any atom is -0.378 e. The molecule has 2 fully saturated rings. The Kier molecular flexibility index (Phi) is 7.28. The van der Waals surface area contributed by atoms with Crippen LogP contribution < -0.4 is 10.2 Å². The van der Waals surface area contributed by atoms with Crippen molar-refractivity contribution in [3.8, 4) is 5.69 Å². The Labute approximate surface area is 182 Å². The van der Waals surface area contributed by atoms with Crippen molar-refractivity contribution in [1.29, 1.82) is 0 Å². The SMILES string of the molecule is CC(Sc1nnc(N2CCOCC2)n1-c1ccccc1)C(=O)NCC1CCCCC1. The smallest absolute Gasteiger partial charge is 0.233 e. The molecule has 8 heteroatoms. The highest BCUT2D eigenvalue weighted by molar-refractivity contribution is 8.00. The molecule has 1 aromatic carbocycles. The van der Waals surface area contributed by atoms with Crippen LogP contribution >= 0.6 is 11.8 Å². The number of morpholine rings is 1. The molecule has 1 aromatic heterocycles. The average Bonchev–Trinajstić information content (AvgIpc) is 3.22. The van der Waals surface area contributed by atoms with Crippen molar-refractivity contribution in [3.05, 3.63) is 30.3 Å². The normalized spacial score (nSPS) is 18.9. The lowest BCUT2D eigenvalue weighted by Gasteiger charge is -2.28. The van der Waals surface area contributed by atoms with E-state index in [2.05, 4.69) is 25.0 Å². The van der Waals surface area contributed by atoms with Gasteiger partial charge in [0.1, 0.15) is 0 Å². The van der Waals surface area contributed by atoms with Gasteiger partial charge in [-0.25, -0.2) is 0 Å². The summed E-state index contributed by atoms with van der Waals surface area (Å²) >= 11 is 1.46. The lowest BCUT2D eigenvalue weighted by atomic mass is 9.89. The Balaban J connectivity index is 1.47. The van der Waals surface area contributed by atoms with E-state index in [0.717, 1.165) is 36.4 Å². The fourth-order valence-corrected chi connectivity index (χ4v) is 4.99. The number of nitrogens with zero attached hydrogens (tertiary/aromatic N) is 4. The molecule has 7 nitrogen and oxygen atoms in total. The molecular formula is C22H31N5O2S. The molecule has 1 unspecified atom stereocenters. The molecule has 0 spiro atoms. The van der Waals surface area contributed by atoms with E-state index in [-0.39, 0.29) is 11.2 Å². The highest BCUT2D eigenvalue weighted by atomic mass is 32.2. The van der Waals surface area contributed by atoms with E-state index in [1.165, 1.54) is 43.9 Å². The van der Waals surface area contributed by atoms with Crippen molar-refractivity contribution in [2.75, 3.05) is 37.7 Å². The number of benzene rings is 1. The van der Waals surface area contributed by atoms with Crippen molar-refractivity contribution in [3.63, 3.8) is 0 Å². The number of amides is 1. The zero-order valence-corrected chi connectivity index (χ0v) is 18.4. The van der Waals surface area contributed by atoms with Gasteiger partial charge in [0.15, 0.2) is 5.16 Å². The zero-order valence-electron chi connectivity index (χ0n) is 17.6. The lowest BCUT2D eigenvalue weighted by molar-refractivity contribution is -0.120. The van der Waals surface area contributed by atoms with Gasteiger partial charge in [-0.3, -0.25) is 9.36 Å². The van der Waals surface area contributed by atoms with Crippen LogP contribution in [0.3, 0.4) is 0 Å². The third kappa shape index (κ3) is 5.16. The van der Waals surface area contributed by atoms with Crippen molar-refractivity contribution in [2.45, 2.75) is 49.4 Å². The zero-order chi connectivity index (χ0) is 20.8. The van der Waals surface area contributed by atoms with Crippen LogP contribution in [0.25, 0.3) is 5.69 Å². The minimum atomic E-state index is -0.238. The number of thioether (sulfide) groups is 1. The summed E-state index contributed by atoms with van der Waals surface area (Å²) < 4.78 is 7.55. The van der Waals surface area contributed by atoms with Gasteiger partial charge in [-0.2, -0.15) is 0 Å². The number of anilines is 1. The van der Waals surface area contributed by atoms with Gasteiger partial charge in [0.2, 0.25) is 11.9 Å². The molecule has 2 aliphatic rings. The third-order valence-electron chi connectivity index (χ3n) is 5.87. The maximum absolute atomic E-state index is 12.7. The van der Waals surface area contributed by atoms with Crippen LogP contribution in [0.1, 0.15) is 39.0 Å². The molecule has 1 aliphatic carbocycles. The van der Waals surface area contributed by atoms with Crippen LogP contribution in [-0.4, -0.2) is 58.8 Å². The molecule has 1 amide bonds.